The molecule has 0 aromatic heterocycles. The standard InChI is InChI=1S/C17H25NO3/c1-13(17(19)20)18-11-15-8-5-9-16(10-15)21-12-14-6-3-2-4-7-14/h5,8-10,13-14,18H,2-4,6-7,11-12H2,1H3,(H,19,20)/t13-/m1/s1. The van der Waals surface area contributed by atoms with Gasteiger partial charge >= 0.3 is 5.97 Å². The Morgan fingerprint density at radius 2 is 2.14 bits per heavy atom. The van der Waals surface area contributed by atoms with Crippen molar-refractivity contribution in [3.63, 3.8) is 0 Å². The van der Waals surface area contributed by atoms with Crippen molar-refractivity contribution in [2.75, 3.05) is 6.61 Å². The number of ether oxygens (including phenoxy) is 1. The molecule has 0 saturated heterocycles. The summed E-state index contributed by atoms with van der Waals surface area (Å²) in [5.41, 5.74) is 1.05. The number of nitrogens with one attached hydrogen (secondary N) is 1. The Morgan fingerprint density at radius 1 is 1.38 bits per heavy atom. The Kier molecular flexibility index (Phi) is 6.05. The summed E-state index contributed by atoms with van der Waals surface area (Å²) in [6, 6.07) is 7.35. The lowest BCUT2D eigenvalue weighted by atomic mass is 9.90. The molecule has 0 radical (unpaired) electrons. The van der Waals surface area contributed by atoms with Crippen LogP contribution in [0.2, 0.25) is 0 Å². The number of rotatable bonds is 7. The molecule has 0 amide bonds. The highest BCUT2D eigenvalue weighted by Gasteiger charge is 2.14. The van der Waals surface area contributed by atoms with Crippen molar-refractivity contribution in [1.82, 2.24) is 5.32 Å². The normalized spacial score (nSPS) is 17.4. The smallest absolute Gasteiger partial charge is 0.320 e. The van der Waals surface area contributed by atoms with Crippen LogP contribution in [0.3, 0.4) is 0 Å². The quantitative estimate of drug-likeness (QED) is 0.810. The highest BCUT2D eigenvalue weighted by atomic mass is 16.5. The number of hydrogen-bond acceptors (Lipinski definition) is 3. The second-order valence-electron chi connectivity index (χ2n) is 5.90. The van der Waals surface area contributed by atoms with E-state index >= 15 is 0 Å². The molecule has 0 spiro atoms. The second-order valence-corrected chi connectivity index (χ2v) is 5.90. The van der Waals surface area contributed by atoms with Crippen LogP contribution in [0.4, 0.5) is 0 Å². The van der Waals surface area contributed by atoms with E-state index in [1.54, 1.807) is 6.92 Å². The maximum atomic E-state index is 10.8. The molecular weight excluding hydrogens is 266 g/mol. The second kappa shape index (κ2) is 8.03. The number of carbonyl (C=O) groups is 1. The first-order valence-electron chi connectivity index (χ1n) is 7.83. The van der Waals surface area contributed by atoms with Gasteiger partial charge in [-0.05, 0) is 43.4 Å². The van der Waals surface area contributed by atoms with Gasteiger partial charge in [-0.25, -0.2) is 0 Å². The summed E-state index contributed by atoms with van der Waals surface area (Å²) in [6.45, 7) is 2.97. The van der Waals surface area contributed by atoms with E-state index in [1.165, 1.54) is 32.1 Å². The molecule has 21 heavy (non-hydrogen) atoms. The molecular formula is C17H25NO3. The highest BCUT2D eigenvalue weighted by Crippen LogP contribution is 2.24. The van der Waals surface area contributed by atoms with Gasteiger partial charge in [-0.1, -0.05) is 31.4 Å². The van der Waals surface area contributed by atoms with Crippen LogP contribution in [-0.4, -0.2) is 23.7 Å². The van der Waals surface area contributed by atoms with Gasteiger partial charge in [0, 0.05) is 6.54 Å². The van der Waals surface area contributed by atoms with Gasteiger partial charge < -0.3 is 15.2 Å². The Balaban J connectivity index is 1.81. The number of benzene rings is 1. The Labute approximate surface area is 126 Å². The fraction of sp³-hybridized carbons (Fsp3) is 0.588. The summed E-state index contributed by atoms with van der Waals surface area (Å²) in [5.74, 6) is 0.732. The van der Waals surface area contributed by atoms with Crippen molar-refractivity contribution < 1.29 is 14.6 Å². The van der Waals surface area contributed by atoms with Gasteiger partial charge in [0.1, 0.15) is 11.8 Å². The third-order valence-electron chi connectivity index (χ3n) is 4.09. The first kappa shape index (κ1) is 15.8. The van der Waals surface area contributed by atoms with Crippen molar-refractivity contribution in [3.05, 3.63) is 29.8 Å². The summed E-state index contributed by atoms with van der Waals surface area (Å²) in [6.07, 6.45) is 6.56. The first-order chi connectivity index (χ1) is 10.1. The molecule has 0 heterocycles. The summed E-state index contributed by atoms with van der Waals surface area (Å²) < 4.78 is 5.90. The van der Waals surface area contributed by atoms with Crippen molar-refractivity contribution >= 4 is 5.97 Å². The molecule has 2 N–H and O–H groups in total. The maximum Gasteiger partial charge on any atom is 0.320 e. The van der Waals surface area contributed by atoms with Crippen molar-refractivity contribution in [2.45, 2.75) is 51.6 Å². The Hall–Kier alpha value is -1.55. The van der Waals surface area contributed by atoms with Crippen molar-refractivity contribution in [1.29, 1.82) is 0 Å². The predicted molar refractivity (Wildman–Crippen MR) is 82.4 cm³/mol. The lowest BCUT2D eigenvalue weighted by Gasteiger charge is -2.21. The summed E-state index contributed by atoms with van der Waals surface area (Å²) in [5, 5.41) is 11.8. The number of aliphatic carboxylic acids is 1. The zero-order valence-electron chi connectivity index (χ0n) is 12.7. The van der Waals surface area contributed by atoms with Gasteiger partial charge in [-0.15, -0.1) is 0 Å². The van der Waals surface area contributed by atoms with E-state index in [9.17, 15) is 4.79 Å². The molecule has 0 bridgehead atoms. The van der Waals surface area contributed by atoms with Crippen LogP contribution in [0.1, 0.15) is 44.6 Å². The minimum Gasteiger partial charge on any atom is -0.493 e. The van der Waals surface area contributed by atoms with E-state index in [4.69, 9.17) is 9.84 Å². The van der Waals surface area contributed by atoms with Gasteiger partial charge in [-0.3, -0.25) is 4.79 Å². The number of hydrogen-bond donors (Lipinski definition) is 2. The molecule has 1 aliphatic rings. The third kappa shape index (κ3) is 5.38. The molecule has 1 aromatic carbocycles. The maximum absolute atomic E-state index is 10.8. The van der Waals surface area contributed by atoms with Crippen LogP contribution in [0.5, 0.6) is 5.75 Å². The fourth-order valence-electron chi connectivity index (χ4n) is 2.67. The van der Waals surface area contributed by atoms with Gasteiger partial charge in [0.2, 0.25) is 0 Å². The largest absolute Gasteiger partial charge is 0.493 e. The molecule has 1 aromatic rings. The van der Waals surface area contributed by atoms with E-state index in [0.717, 1.165) is 17.9 Å². The van der Waals surface area contributed by atoms with Crippen LogP contribution < -0.4 is 10.1 Å². The van der Waals surface area contributed by atoms with Gasteiger partial charge in [0.05, 0.1) is 6.61 Å². The predicted octanol–water partition coefficient (Wildman–Crippen LogP) is 3.21. The Morgan fingerprint density at radius 3 is 2.86 bits per heavy atom. The molecule has 4 nitrogen and oxygen atoms in total. The lowest BCUT2D eigenvalue weighted by Crippen LogP contribution is -2.33. The molecule has 0 unspecified atom stereocenters. The topological polar surface area (TPSA) is 58.6 Å². The van der Waals surface area contributed by atoms with E-state index < -0.39 is 12.0 Å². The molecule has 1 aliphatic carbocycles. The fourth-order valence-corrected chi connectivity index (χ4v) is 2.67. The van der Waals surface area contributed by atoms with Gasteiger partial charge in [0.15, 0.2) is 0 Å². The van der Waals surface area contributed by atoms with Crippen LogP contribution in [0.15, 0.2) is 24.3 Å². The first-order valence-corrected chi connectivity index (χ1v) is 7.83. The van der Waals surface area contributed by atoms with Crippen LogP contribution in [0.25, 0.3) is 0 Å². The zero-order chi connectivity index (χ0) is 15.1. The molecule has 1 atom stereocenters. The third-order valence-corrected chi connectivity index (χ3v) is 4.09. The van der Waals surface area contributed by atoms with Crippen LogP contribution >= 0.6 is 0 Å². The van der Waals surface area contributed by atoms with E-state index in [-0.39, 0.29) is 0 Å². The molecule has 1 fully saturated rings. The molecule has 2 rings (SSSR count). The van der Waals surface area contributed by atoms with E-state index in [0.29, 0.717) is 12.5 Å². The summed E-state index contributed by atoms with van der Waals surface area (Å²) >= 11 is 0. The van der Waals surface area contributed by atoms with Gasteiger partial charge in [0.25, 0.3) is 0 Å². The molecule has 4 heteroatoms. The van der Waals surface area contributed by atoms with Crippen molar-refractivity contribution in [2.24, 2.45) is 5.92 Å². The van der Waals surface area contributed by atoms with E-state index in [2.05, 4.69) is 5.32 Å². The minimum absolute atomic E-state index is 0.536. The molecule has 1 saturated carbocycles. The van der Waals surface area contributed by atoms with Crippen molar-refractivity contribution in [3.8, 4) is 5.75 Å². The van der Waals surface area contributed by atoms with Crippen LogP contribution in [0, 0.1) is 5.92 Å². The van der Waals surface area contributed by atoms with Crippen LogP contribution in [-0.2, 0) is 11.3 Å². The minimum atomic E-state index is -0.834. The average molecular weight is 291 g/mol. The Bertz CT molecular complexity index is 455. The highest BCUT2D eigenvalue weighted by molar-refractivity contribution is 5.72. The zero-order valence-corrected chi connectivity index (χ0v) is 12.7. The SMILES string of the molecule is C[C@@H](NCc1cccc(OCC2CCCCC2)c1)C(=O)O. The monoisotopic (exact) mass is 291 g/mol. The van der Waals surface area contributed by atoms with E-state index in [1.807, 2.05) is 24.3 Å². The lowest BCUT2D eigenvalue weighted by molar-refractivity contribution is -0.139. The number of carboxylic acid groups (broad SMARTS) is 1. The number of carboxylic acids is 1. The van der Waals surface area contributed by atoms with Gasteiger partial charge in [-0.2, -0.15) is 0 Å². The molecule has 116 valence electrons. The molecule has 0 aliphatic heterocycles. The summed E-state index contributed by atoms with van der Waals surface area (Å²) in [7, 11) is 0. The average Bonchev–Trinajstić information content (AvgIpc) is 2.52. The summed E-state index contributed by atoms with van der Waals surface area (Å²) in [4.78, 5) is 10.8.